The number of ether oxygens (including phenoxy) is 5. The molecule has 0 unspecified atom stereocenters. The van der Waals surface area contributed by atoms with Crippen LogP contribution in [-0.4, -0.2) is 84.6 Å². The number of benzene rings is 3. The number of allylic oxidation sites excluding steroid dienone is 1. The summed E-state index contributed by atoms with van der Waals surface area (Å²) in [5.41, 5.74) is 8.22. The summed E-state index contributed by atoms with van der Waals surface area (Å²) in [5.74, 6) is 0.546. The van der Waals surface area contributed by atoms with Crippen molar-refractivity contribution in [3.8, 4) is 17.2 Å². The Labute approximate surface area is 464 Å². The number of esters is 2. The number of halogens is 2. The van der Waals surface area contributed by atoms with Gasteiger partial charge in [0.25, 0.3) is 0 Å². The average molecular weight is 1130 g/mol. The number of nitrogens with one attached hydrogen (secondary N) is 1. The number of carboxylic acids is 1. The van der Waals surface area contributed by atoms with Gasteiger partial charge in [-0.05, 0) is 161 Å². The van der Waals surface area contributed by atoms with Crippen molar-refractivity contribution in [3.63, 3.8) is 0 Å². The highest BCUT2D eigenvalue weighted by molar-refractivity contribution is 9.09. The zero-order valence-electron chi connectivity index (χ0n) is 46.0. The molecule has 412 valence electrons. The maximum absolute atomic E-state index is 11.7. The van der Waals surface area contributed by atoms with E-state index in [0.717, 1.165) is 39.3 Å². The summed E-state index contributed by atoms with van der Waals surface area (Å²) in [5, 5.41) is 13.0. The van der Waals surface area contributed by atoms with Crippen molar-refractivity contribution in [2.75, 3.05) is 38.8 Å². The monoisotopic (exact) mass is 1130 g/mol. The molecule has 0 amide bonds. The lowest BCUT2D eigenvalue weighted by atomic mass is 10.0. The standard InChI is InChI=1S/C17H24O3.C16H23NO3.C14H20O3.C5H11N.C3H5Br.CH3F.3H2S/c1-6-11-19-16(18)13(2)12-14-7-9-15(10-8-14)20-17(3,4)5;1-5-10-19-15(18)14(17)11-12-6-8-13(9-7-12)20-16(2,3)4;1-10(13(15)16)9-11-5-7-12(8-6-11)17-14(2,3)4;1-2-4-6-5-3-1;1-2-3-4;1-2;;;/h6-10,13H,1,11-12H2,2-5H3;5-9,14H,1,10-11,17H2,2-4H3;5-8,10H,9H2,1-4H3,(H,15,16);6H,1-5H2;2H,1,3H2;1H3;3*1H2/t13-;14-;10-;;;;;;/m000....../s1/i;;;;;1D;;;. The quantitative estimate of drug-likeness (QED) is 0.0672. The predicted octanol–water partition coefficient (Wildman–Crippen LogP) is 12.6. The summed E-state index contributed by atoms with van der Waals surface area (Å²) in [6, 6.07) is 22.3. The summed E-state index contributed by atoms with van der Waals surface area (Å²) in [6.45, 7) is 35.0. The van der Waals surface area contributed by atoms with Crippen LogP contribution in [0.15, 0.2) is 111 Å². The van der Waals surface area contributed by atoms with E-state index < -0.39 is 25.1 Å². The molecule has 1 saturated heterocycles. The number of piperidine rings is 1. The number of hydrogen-bond acceptors (Lipinski definition) is 10. The Morgan fingerprint density at radius 3 is 1.19 bits per heavy atom. The number of alkyl halides is 2. The molecule has 1 heterocycles. The van der Waals surface area contributed by atoms with Gasteiger partial charge in [-0.2, -0.15) is 40.5 Å². The van der Waals surface area contributed by atoms with Crippen LogP contribution in [0.4, 0.5) is 4.39 Å². The zero-order chi connectivity index (χ0) is 53.8. The van der Waals surface area contributed by atoms with Gasteiger partial charge in [-0.1, -0.05) is 104 Å². The van der Waals surface area contributed by atoms with E-state index in [2.05, 4.69) is 41.0 Å². The van der Waals surface area contributed by atoms with Crippen LogP contribution in [0.1, 0.15) is 113 Å². The summed E-state index contributed by atoms with van der Waals surface area (Å²) >= 11 is 3.13. The third-order valence-corrected chi connectivity index (χ3v) is 9.17. The third kappa shape index (κ3) is 43.6. The first-order valence-corrected chi connectivity index (χ1v) is 24.5. The van der Waals surface area contributed by atoms with E-state index in [1.165, 1.54) is 38.4 Å². The minimum Gasteiger partial charge on any atom is -0.488 e. The summed E-state index contributed by atoms with van der Waals surface area (Å²) in [7, 11) is -1.00. The molecule has 11 nitrogen and oxygen atoms in total. The molecular formula is C56H92BrFN2O9S3. The van der Waals surface area contributed by atoms with E-state index >= 15 is 0 Å². The van der Waals surface area contributed by atoms with Gasteiger partial charge in [0.1, 0.15) is 53.3 Å². The fourth-order valence-corrected chi connectivity index (χ4v) is 5.69. The Kier molecular flexibility index (Phi) is 45.0. The van der Waals surface area contributed by atoms with Crippen LogP contribution in [-0.2, 0) is 43.1 Å². The van der Waals surface area contributed by atoms with E-state index in [-0.39, 0.29) is 88.3 Å². The Morgan fingerprint density at radius 1 is 0.639 bits per heavy atom. The van der Waals surface area contributed by atoms with Gasteiger partial charge in [0.05, 0.1) is 20.4 Å². The molecule has 0 saturated carbocycles. The maximum Gasteiger partial charge on any atom is 0.323 e. The molecule has 0 spiro atoms. The third-order valence-electron chi connectivity index (χ3n) is 8.71. The molecule has 3 aromatic carbocycles. The smallest absolute Gasteiger partial charge is 0.323 e. The molecule has 1 aliphatic rings. The fourth-order valence-electron chi connectivity index (χ4n) is 5.69. The van der Waals surface area contributed by atoms with Crippen LogP contribution in [0, 0.1) is 11.8 Å². The zero-order valence-corrected chi connectivity index (χ0v) is 49.6. The summed E-state index contributed by atoms with van der Waals surface area (Å²) < 4.78 is 42.6. The van der Waals surface area contributed by atoms with E-state index in [9.17, 15) is 18.8 Å². The second-order valence-corrected chi connectivity index (χ2v) is 19.7. The van der Waals surface area contributed by atoms with Crippen LogP contribution < -0.4 is 25.3 Å². The first kappa shape index (κ1) is 74.6. The van der Waals surface area contributed by atoms with E-state index in [0.29, 0.717) is 19.3 Å². The van der Waals surface area contributed by atoms with Crippen molar-refractivity contribution in [2.24, 2.45) is 17.6 Å². The number of carboxylic acid groups (broad SMARTS) is 1. The first-order chi connectivity index (χ1) is 32.7. The molecule has 16 heteroatoms. The molecule has 0 aliphatic carbocycles. The lowest BCUT2D eigenvalue weighted by Gasteiger charge is -2.21. The predicted molar refractivity (Wildman–Crippen MR) is 317 cm³/mol. The van der Waals surface area contributed by atoms with Gasteiger partial charge in [-0.15, -0.1) is 6.58 Å². The summed E-state index contributed by atoms with van der Waals surface area (Å²) in [6.07, 6.45) is 10.7. The average Bonchev–Trinajstić information content (AvgIpc) is 3.29. The first-order valence-electron chi connectivity index (χ1n) is 24.0. The fraction of sp³-hybridized carbons (Fsp3) is 0.518. The van der Waals surface area contributed by atoms with Crippen molar-refractivity contribution in [2.45, 2.75) is 138 Å². The van der Waals surface area contributed by atoms with Crippen molar-refractivity contribution >= 4 is 74.3 Å². The van der Waals surface area contributed by atoms with Crippen molar-refractivity contribution < 1.29 is 48.9 Å². The van der Waals surface area contributed by atoms with E-state index in [1.54, 1.807) is 19.1 Å². The number of carbonyl (C=O) groups excluding carboxylic acids is 2. The topological polar surface area (TPSA) is 156 Å². The van der Waals surface area contributed by atoms with Crippen molar-refractivity contribution in [1.29, 1.82) is 0 Å². The highest BCUT2D eigenvalue weighted by Crippen LogP contribution is 2.22. The summed E-state index contributed by atoms with van der Waals surface area (Å²) in [4.78, 5) is 33.9. The number of hydrogen-bond donors (Lipinski definition) is 3. The minimum absolute atomic E-state index is 0. The lowest BCUT2D eigenvalue weighted by molar-refractivity contribution is -0.146. The van der Waals surface area contributed by atoms with Crippen LogP contribution in [0.2, 0.25) is 0 Å². The number of nitrogens with two attached hydrogens (primary N) is 1. The van der Waals surface area contributed by atoms with E-state index in [4.69, 9.17) is 35.9 Å². The van der Waals surface area contributed by atoms with Crippen LogP contribution in [0.3, 0.4) is 0 Å². The number of rotatable bonds is 17. The molecule has 72 heavy (non-hydrogen) atoms. The van der Waals surface area contributed by atoms with Gasteiger partial charge >= 0.3 is 17.9 Å². The Morgan fingerprint density at radius 2 is 0.944 bits per heavy atom. The SMILES string of the molecule is C1CCNCC1.C=CCBr.C=CCOC(=O)[C@@H](C)Cc1ccc(OC(C)(C)C)cc1.C=CCOC(=O)[C@@H](N)Cc1ccc(OC(C)(C)C)cc1.C[C@@H](Cc1ccc(OC(C)(C)C)cc1)C(=O)O.S.S.S.[2H]CF. The molecule has 4 N–H and O–H groups in total. The Bertz CT molecular complexity index is 1790. The highest BCUT2D eigenvalue weighted by atomic mass is 79.9. The van der Waals surface area contributed by atoms with Gasteiger partial charge in [0.15, 0.2) is 0 Å². The minimum atomic E-state index is -1.00. The van der Waals surface area contributed by atoms with Crippen molar-refractivity contribution in [3.05, 3.63) is 127 Å². The normalized spacial score (nSPS) is 12.7. The number of aliphatic carboxylic acids is 1. The van der Waals surface area contributed by atoms with Gasteiger partial charge in [-0.25, -0.2) is 0 Å². The molecule has 0 aromatic heterocycles. The molecular weight excluding hydrogens is 1040 g/mol. The Hall–Kier alpha value is -3.93. The van der Waals surface area contributed by atoms with Crippen LogP contribution in [0.5, 0.6) is 17.2 Å². The molecule has 1 aliphatic heterocycles. The van der Waals surface area contributed by atoms with E-state index in [1.807, 2.05) is 142 Å². The highest BCUT2D eigenvalue weighted by Gasteiger charge is 2.18. The molecule has 4 rings (SSSR count). The second kappa shape index (κ2) is 43.5. The van der Waals surface area contributed by atoms with Crippen molar-refractivity contribution in [1.82, 2.24) is 5.32 Å². The molecule has 0 radical (unpaired) electrons. The Balaban J connectivity index is -0.000000277. The van der Waals surface area contributed by atoms with Gasteiger partial charge in [-0.3, -0.25) is 18.8 Å². The molecule has 3 aromatic rings. The largest absolute Gasteiger partial charge is 0.488 e. The van der Waals surface area contributed by atoms with Gasteiger partial charge in [0.2, 0.25) is 0 Å². The maximum atomic E-state index is 11.7. The van der Waals surface area contributed by atoms with Gasteiger partial charge in [0, 0.05) is 5.33 Å². The van der Waals surface area contributed by atoms with Gasteiger partial charge < -0.3 is 39.8 Å². The molecule has 3 atom stereocenters. The molecule has 1 fully saturated rings. The second-order valence-electron chi connectivity index (χ2n) is 19.0. The number of carbonyl (C=O) groups is 3. The van der Waals surface area contributed by atoms with Crippen LogP contribution in [0.25, 0.3) is 0 Å². The lowest BCUT2D eigenvalue weighted by Crippen LogP contribution is -2.34. The molecule has 0 bridgehead atoms. The van der Waals surface area contributed by atoms with Crippen LogP contribution >= 0.6 is 56.4 Å².